The molecule has 0 bridgehead atoms. The lowest BCUT2D eigenvalue weighted by atomic mass is 10.4. The van der Waals surface area contributed by atoms with Crippen molar-refractivity contribution in [3.63, 3.8) is 0 Å². The number of rotatable bonds is 0. The summed E-state index contributed by atoms with van der Waals surface area (Å²) in [5, 5.41) is 0. The Morgan fingerprint density at radius 2 is 2.00 bits per heavy atom. The summed E-state index contributed by atoms with van der Waals surface area (Å²) in [4.78, 5) is 0. The van der Waals surface area contributed by atoms with Crippen LogP contribution in [0.5, 0.6) is 0 Å². The molecule has 0 N–H and O–H groups in total. The molecule has 28 valence electrons. The lowest BCUT2D eigenvalue weighted by Gasteiger charge is -1.59. The average molecular weight is 69.1 g/mol. The maximum absolute atomic E-state index is 3.83. The lowest BCUT2D eigenvalue weighted by Crippen LogP contribution is -1.59. The highest BCUT2D eigenvalue weighted by Gasteiger charge is 2.34. The van der Waals surface area contributed by atoms with Gasteiger partial charge in [-0.05, 0) is 6.42 Å². The Morgan fingerprint density at radius 3 is 2.00 bits per heavy atom. The lowest BCUT2D eigenvalue weighted by molar-refractivity contribution is 0.897. The third-order valence-corrected chi connectivity index (χ3v) is 1.28. The normalized spacial score (nSPS) is 49.0. The van der Waals surface area contributed by atoms with E-state index in [0.717, 1.165) is 11.8 Å². The van der Waals surface area contributed by atoms with Gasteiger partial charge in [-0.15, -0.1) is 0 Å². The van der Waals surface area contributed by atoms with Crippen LogP contribution in [-0.4, -0.2) is 0 Å². The van der Waals surface area contributed by atoms with Crippen molar-refractivity contribution in [2.24, 2.45) is 11.8 Å². The molecular weight excluding hydrogens is 60.1 g/mol. The molecule has 0 radical (unpaired) electrons. The second-order valence-corrected chi connectivity index (χ2v) is 1.97. The summed E-state index contributed by atoms with van der Waals surface area (Å²) in [5.41, 5.74) is 0. The number of hydrogen-bond donors (Lipinski definition) is 0. The van der Waals surface area contributed by atoms with E-state index >= 15 is 0 Å². The van der Waals surface area contributed by atoms with Gasteiger partial charge in [-0.2, -0.15) is 0 Å². The first kappa shape index (κ1) is 3.08. The zero-order valence-corrected chi connectivity index (χ0v) is 3.57. The number of hydrogen-bond acceptors (Lipinski definition) is 0. The molecule has 0 nitrogen and oxygen atoms in total. The summed E-state index contributed by atoms with van der Waals surface area (Å²) >= 11 is 0. The highest BCUT2D eigenvalue weighted by atomic mass is 14.3. The fourth-order valence-corrected chi connectivity index (χ4v) is 0.399. The van der Waals surface area contributed by atoms with Crippen LogP contribution in [0.15, 0.2) is 0 Å². The minimum absolute atomic E-state index is 0.801. The predicted molar refractivity (Wildman–Crippen MR) is 22.6 cm³/mol. The first-order chi connectivity index (χ1) is 2.30. The van der Waals surface area contributed by atoms with E-state index in [9.17, 15) is 0 Å². The van der Waals surface area contributed by atoms with Gasteiger partial charge in [0.15, 0.2) is 0 Å². The van der Waals surface area contributed by atoms with Crippen LogP contribution >= 0.6 is 0 Å². The summed E-state index contributed by atoms with van der Waals surface area (Å²) in [7, 11) is 0. The van der Waals surface area contributed by atoms with Crippen molar-refractivity contribution >= 4 is 0 Å². The van der Waals surface area contributed by atoms with Crippen molar-refractivity contribution in [2.75, 3.05) is 0 Å². The molecule has 0 aromatic heterocycles. The molecule has 1 aliphatic carbocycles. The summed E-state index contributed by atoms with van der Waals surface area (Å²) < 4.78 is 0. The third kappa shape index (κ3) is 0.393. The van der Waals surface area contributed by atoms with Gasteiger partial charge in [-0.25, -0.2) is 0 Å². The molecular formula is C5H9+. The zero-order chi connectivity index (χ0) is 3.86. The van der Waals surface area contributed by atoms with Crippen LogP contribution in [0.4, 0.5) is 0 Å². The molecule has 5 heavy (non-hydrogen) atoms. The molecule has 0 spiro atoms. The van der Waals surface area contributed by atoms with E-state index in [4.69, 9.17) is 0 Å². The third-order valence-electron chi connectivity index (χ3n) is 1.28. The van der Waals surface area contributed by atoms with Gasteiger partial charge in [-0.1, -0.05) is 6.92 Å². The van der Waals surface area contributed by atoms with E-state index in [0.29, 0.717) is 0 Å². The maximum Gasteiger partial charge on any atom is 0.0984 e. The Labute approximate surface area is 33.2 Å². The van der Waals surface area contributed by atoms with Crippen LogP contribution in [0.3, 0.4) is 0 Å². The standard InChI is InChI=1S/C5H9/c1-4-3-5(4)2/h4-5H,1,3H2,2H3/q+1. The van der Waals surface area contributed by atoms with Crippen molar-refractivity contribution in [1.29, 1.82) is 0 Å². The second kappa shape index (κ2) is 0.675. The fraction of sp³-hybridized carbons (Fsp3) is 0.800. The molecule has 0 aromatic rings. The van der Waals surface area contributed by atoms with Gasteiger partial charge in [0.1, 0.15) is 0 Å². The van der Waals surface area contributed by atoms with E-state index in [1.54, 1.807) is 0 Å². The Hall–Kier alpha value is -0.130. The molecule has 0 aliphatic heterocycles. The topological polar surface area (TPSA) is 0 Å². The highest BCUT2D eigenvalue weighted by Crippen LogP contribution is 2.35. The quantitative estimate of drug-likeness (QED) is 0.378. The Kier molecular flexibility index (Phi) is 0.415. The highest BCUT2D eigenvalue weighted by molar-refractivity contribution is 4.83. The van der Waals surface area contributed by atoms with E-state index in [1.165, 1.54) is 6.42 Å². The van der Waals surface area contributed by atoms with Crippen LogP contribution in [0.25, 0.3) is 0 Å². The molecule has 0 heteroatoms. The van der Waals surface area contributed by atoms with Gasteiger partial charge in [0, 0.05) is 5.92 Å². The van der Waals surface area contributed by atoms with E-state index in [2.05, 4.69) is 13.8 Å². The summed E-state index contributed by atoms with van der Waals surface area (Å²) in [5.74, 6) is 1.74. The van der Waals surface area contributed by atoms with Gasteiger partial charge in [0.2, 0.25) is 0 Å². The molecule has 0 saturated heterocycles. The molecule has 2 unspecified atom stereocenters. The zero-order valence-electron chi connectivity index (χ0n) is 3.57. The van der Waals surface area contributed by atoms with Gasteiger partial charge in [0.25, 0.3) is 0 Å². The maximum atomic E-state index is 3.83. The minimum atomic E-state index is 0.801. The van der Waals surface area contributed by atoms with E-state index < -0.39 is 0 Å². The predicted octanol–water partition coefficient (Wildman–Crippen LogP) is 1.48. The van der Waals surface area contributed by atoms with E-state index in [-0.39, 0.29) is 0 Å². The van der Waals surface area contributed by atoms with Crippen LogP contribution in [0, 0.1) is 18.8 Å². The molecule has 1 rings (SSSR count). The molecule has 1 aliphatic rings. The van der Waals surface area contributed by atoms with Crippen LogP contribution in [0.2, 0.25) is 0 Å². The van der Waals surface area contributed by atoms with Gasteiger partial charge in [0.05, 0.1) is 12.8 Å². The SMILES string of the molecule is [CH2+]C1CC1C. The second-order valence-electron chi connectivity index (χ2n) is 1.97. The first-order valence-electron chi connectivity index (χ1n) is 2.14. The fourth-order valence-electron chi connectivity index (χ4n) is 0.399. The largest absolute Gasteiger partial charge is 0.0984 e. The van der Waals surface area contributed by atoms with Crippen molar-refractivity contribution in [2.45, 2.75) is 13.3 Å². The molecule has 2 atom stereocenters. The first-order valence-corrected chi connectivity index (χ1v) is 2.14. The Balaban J connectivity index is 2.20. The van der Waals surface area contributed by atoms with Gasteiger partial charge in [-0.3, -0.25) is 0 Å². The Bertz CT molecular complexity index is 33.3. The van der Waals surface area contributed by atoms with Crippen molar-refractivity contribution in [3.8, 4) is 0 Å². The summed E-state index contributed by atoms with van der Waals surface area (Å²) in [6.45, 7) is 6.06. The van der Waals surface area contributed by atoms with Crippen LogP contribution < -0.4 is 0 Å². The average Bonchev–Trinajstić information content (AvgIpc) is 1.79. The monoisotopic (exact) mass is 69.1 g/mol. The van der Waals surface area contributed by atoms with Crippen LogP contribution in [0.1, 0.15) is 13.3 Å². The van der Waals surface area contributed by atoms with Crippen molar-refractivity contribution < 1.29 is 0 Å². The van der Waals surface area contributed by atoms with Crippen LogP contribution in [-0.2, 0) is 0 Å². The minimum Gasteiger partial charge on any atom is -0.0580 e. The Morgan fingerprint density at radius 1 is 1.80 bits per heavy atom. The molecule has 1 fully saturated rings. The van der Waals surface area contributed by atoms with Crippen molar-refractivity contribution in [3.05, 3.63) is 6.92 Å². The van der Waals surface area contributed by atoms with Gasteiger partial charge < -0.3 is 0 Å². The molecule has 0 aromatic carbocycles. The van der Waals surface area contributed by atoms with E-state index in [1.807, 2.05) is 0 Å². The molecule has 1 saturated carbocycles. The summed E-state index contributed by atoms with van der Waals surface area (Å²) in [6.07, 6.45) is 1.36. The summed E-state index contributed by atoms with van der Waals surface area (Å²) in [6, 6.07) is 0. The van der Waals surface area contributed by atoms with Crippen molar-refractivity contribution in [1.82, 2.24) is 0 Å². The molecule has 0 amide bonds. The molecule has 0 heterocycles. The van der Waals surface area contributed by atoms with Gasteiger partial charge >= 0.3 is 0 Å². The smallest absolute Gasteiger partial charge is 0.0580 e.